The lowest BCUT2D eigenvalue weighted by Crippen LogP contribution is -2.15. The largest absolute Gasteiger partial charge is 0.0605 e. The van der Waals surface area contributed by atoms with Crippen LogP contribution in [0.4, 0.5) is 0 Å². The number of halogens is 2. The summed E-state index contributed by atoms with van der Waals surface area (Å²) >= 11 is 6.08. The van der Waals surface area contributed by atoms with Gasteiger partial charge in [-0.15, -0.1) is 0 Å². The van der Waals surface area contributed by atoms with Gasteiger partial charge in [-0.05, 0) is 63.0 Å². The zero-order valence-corrected chi connectivity index (χ0v) is 13.5. The van der Waals surface area contributed by atoms with Gasteiger partial charge in [-0.3, -0.25) is 0 Å². The first-order chi connectivity index (χ1) is 8.01. The monoisotopic (exact) mass is 398 g/mol. The minimum absolute atomic E-state index is 0.0924. The third kappa shape index (κ3) is 1.60. The molecule has 0 spiro atoms. The summed E-state index contributed by atoms with van der Waals surface area (Å²) in [5.74, 6) is 0. The third-order valence-electron chi connectivity index (χ3n) is 3.58. The Morgan fingerprint density at radius 3 is 2.59 bits per heavy atom. The van der Waals surface area contributed by atoms with Crippen molar-refractivity contribution in [1.82, 2.24) is 0 Å². The second-order valence-electron chi connectivity index (χ2n) is 4.98. The second-order valence-corrected chi connectivity index (χ2v) is 7.08. The minimum Gasteiger partial charge on any atom is -0.0605 e. The summed E-state index contributed by atoms with van der Waals surface area (Å²) < 4.78 is 2.51. The zero-order valence-electron chi connectivity index (χ0n) is 9.72. The highest BCUT2D eigenvalue weighted by atomic mass is 127. The molecule has 2 heteroatoms. The lowest BCUT2D eigenvalue weighted by Gasteiger charge is -2.22. The van der Waals surface area contributed by atoms with Crippen molar-refractivity contribution in [2.75, 3.05) is 0 Å². The molecule has 0 aliphatic heterocycles. The summed E-state index contributed by atoms with van der Waals surface area (Å²) in [5.41, 5.74) is 5.70. The van der Waals surface area contributed by atoms with Crippen molar-refractivity contribution in [3.05, 3.63) is 55.6 Å². The molecule has 0 bridgehead atoms. The van der Waals surface area contributed by atoms with Crippen LogP contribution in [0.25, 0.3) is 11.1 Å². The molecule has 0 aromatic heterocycles. The summed E-state index contributed by atoms with van der Waals surface area (Å²) in [5, 5.41) is 0. The van der Waals surface area contributed by atoms with E-state index in [1.54, 1.807) is 0 Å². The van der Waals surface area contributed by atoms with Crippen LogP contribution in [0.15, 0.2) is 40.9 Å². The standard InChI is InChI=1S/C15H12BrI/c1-15(2)12-7-6-9(17)8-11(12)10-4-3-5-13(16)14(10)15/h3-8H,1-2H3. The molecule has 0 N–H and O–H groups in total. The van der Waals surface area contributed by atoms with Crippen molar-refractivity contribution in [1.29, 1.82) is 0 Å². The van der Waals surface area contributed by atoms with Gasteiger partial charge in [-0.1, -0.05) is 48.0 Å². The molecule has 1 aliphatic rings. The molecule has 0 radical (unpaired) electrons. The van der Waals surface area contributed by atoms with Gasteiger partial charge in [0.1, 0.15) is 0 Å². The Kier molecular flexibility index (Phi) is 2.63. The predicted molar refractivity (Wildman–Crippen MR) is 84.4 cm³/mol. The smallest absolute Gasteiger partial charge is 0.0222 e. The molecular weight excluding hydrogens is 387 g/mol. The van der Waals surface area contributed by atoms with Gasteiger partial charge >= 0.3 is 0 Å². The quantitative estimate of drug-likeness (QED) is 0.524. The van der Waals surface area contributed by atoms with Gasteiger partial charge in [0.05, 0.1) is 0 Å². The highest BCUT2D eigenvalue weighted by Crippen LogP contribution is 2.51. The van der Waals surface area contributed by atoms with Gasteiger partial charge in [0.25, 0.3) is 0 Å². The molecule has 0 nitrogen and oxygen atoms in total. The summed E-state index contributed by atoms with van der Waals surface area (Å²) in [6, 6.07) is 13.2. The summed E-state index contributed by atoms with van der Waals surface area (Å²) in [7, 11) is 0. The van der Waals surface area contributed by atoms with E-state index < -0.39 is 0 Å². The second kappa shape index (κ2) is 3.82. The Morgan fingerprint density at radius 2 is 1.82 bits per heavy atom. The molecule has 0 amide bonds. The van der Waals surface area contributed by atoms with E-state index in [0.29, 0.717) is 0 Å². The van der Waals surface area contributed by atoms with Gasteiger partial charge < -0.3 is 0 Å². The predicted octanol–water partition coefficient (Wildman–Crippen LogP) is 5.36. The molecule has 0 fully saturated rings. The molecule has 0 atom stereocenters. The maximum Gasteiger partial charge on any atom is 0.0222 e. The molecule has 0 saturated carbocycles. The molecule has 0 saturated heterocycles. The molecule has 17 heavy (non-hydrogen) atoms. The average Bonchev–Trinajstić information content (AvgIpc) is 2.49. The van der Waals surface area contributed by atoms with Gasteiger partial charge in [0.2, 0.25) is 0 Å². The van der Waals surface area contributed by atoms with Crippen molar-refractivity contribution in [2.24, 2.45) is 0 Å². The number of benzene rings is 2. The van der Waals surface area contributed by atoms with E-state index in [9.17, 15) is 0 Å². The van der Waals surface area contributed by atoms with E-state index >= 15 is 0 Å². The highest BCUT2D eigenvalue weighted by molar-refractivity contribution is 14.1. The van der Waals surface area contributed by atoms with Gasteiger partial charge in [0.15, 0.2) is 0 Å². The minimum atomic E-state index is 0.0924. The van der Waals surface area contributed by atoms with E-state index in [1.807, 2.05) is 0 Å². The highest BCUT2D eigenvalue weighted by Gasteiger charge is 2.36. The Hall–Kier alpha value is -0.350. The Bertz CT molecular complexity index is 614. The fraction of sp³-hybridized carbons (Fsp3) is 0.200. The van der Waals surface area contributed by atoms with Crippen molar-refractivity contribution in [3.63, 3.8) is 0 Å². The fourth-order valence-corrected chi connectivity index (χ4v) is 4.16. The van der Waals surface area contributed by atoms with Crippen LogP contribution >= 0.6 is 38.5 Å². The van der Waals surface area contributed by atoms with E-state index in [0.717, 1.165) is 0 Å². The molecule has 0 unspecified atom stereocenters. The molecular formula is C15H12BrI. The zero-order chi connectivity index (χ0) is 12.2. The average molecular weight is 399 g/mol. The Balaban J connectivity index is 2.43. The van der Waals surface area contributed by atoms with Gasteiger partial charge in [-0.2, -0.15) is 0 Å². The van der Waals surface area contributed by atoms with Crippen LogP contribution < -0.4 is 0 Å². The van der Waals surface area contributed by atoms with Crippen LogP contribution in [0.1, 0.15) is 25.0 Å². The van der Waals surface area contributed by atoms with Crippen LogP contribution in [-0.4, -0.2) is 0 Å². The van der Waals surface area contributed by atoms with Gasteiger partial charge in [0, 0.05) is 13.5 Å². The lowest BCUT2D eigenvalue weighted by molar-refractivity contribution is 0.657. The van der Waals surface area contributed by atoms with E-state index in [2.05, 4.69) is 88.8 Å². The molecule has 3 rings (SSSR count). The number of fused-ring (bicyclic) bond motifs is 3. The van der Waals surface area contributed by atoms with Crippen LogP contribution in [-0.2, 0) is 5.41 Å². The summed E-state index contributed by atoms with van der Waals surface area (Å²) in [6.45, 7) is 4.60. The number of rotatable bonds is 0. The van der Waals surface area contributed by atoms with Crippen molar-refractivity contribution < 1.29 is 0 Å². The Labute approximate surface area is 124 Å². The van der Waals surface area contributed by atoms with Crippen molar-refractivity contribution >= 4 is 38.5 Å². The molecule has 86 valence electrons. The molecule has 0 heterocycles. The van der Waals surface area contributed by atoms with Crippen molar-refractivity contribution in [3.8, 4) is 11.1 Å². The lowest BCUT2D eigenvalue weighted by atomic mass is 9.82. The van der Waals surface area contributed by atoms with Gasteiger partial charge in [-0.25, -0.2) is 0 Å². The first kappa shape index (κ1) is 11.7. The summed E-state index contributed by atoms with van der Waals surface area (Å²) in [6.07, 6.45) is 0. The van der Waals surface area contributed by atoms with Crippen LogP contribution in [0.5, 0.6) is 0 Å². The Morgan fingerprint density at radius 1 is 1.06 bits per heavy atom. The normalized spacial score (nSPS) is 15.5. The van der Waals surface area contributed by atoms with Crippen LogP contribution in [0, 0.1) is 3.57 Å². The molecule has 1 aliphatic carbocycles. The van der Waals surface area contributed by atoms with Crippen LogP contribution in [0.3, 0.4) is 0 Å². The third-order valence-corrected chi connectivity index (χ3v) is 4.92. The first-order valence-electron chi connectivity index (χ1n) is 5.61. The summed E-state index contributed by atoms with van der Waals surface area (Å²) in [4.78, 5) is 0. The fourth-order valence-electron chi connectivity index (χ4n) is 2.80. The van der Waals surface area contributed by atoms with Crippen molar-refractivity contribution in [2.45, 2.75) is 19.3 Å². The maximum atomic E-state index is 3.70. The topological polar surface area (TPSA) is 0 Å². The van der Waals surface area contributed by atoms with E-state index in [1.165, 1.54) is 30.3 Å². The number of hydrogen-bond donors (Lipinski definition) is 0. The number of hydrogen-bond acceptors (Lipinski definition) is 0. The molecule has 2 aromatic carbocycles. The van der Waals surface area contributed by atoms with Crippen LogP contribution in [0.2, 0.25) is 0 Å². The SMILES string of the molecule is CC1(C)c2ccc(I)cc2-c2cccc(Br)c21. The maximum absolute atomic E-state index is 3.70. The van der Waals surface area contributed by atoms with E-state index in [4.69, 9.17) is 0 Å². The molecule has 2 aromatic rings. The van der Waals surface area contributed by atoms with E-state index in [-0.39, 0.29) is 5.41 Å². The first-order valence-corrected chi connectivity index (χ1v) is 7.48.